The Labute approximate surface area is 80.2 Å². The highest BCUT2D eigenvalue weighted by Crippen LogP contribution is 2.00. The second kappa shape index (κ2) is 5.05. The van der Waals surface area contributed by atoms with Crippen molar-refractivity contribution in [1.29, 1.82) is 0 Å². The minimum atomic E-state index is 0.245. The largest absolute Gasteiger partial charge is 0.379 e. The van der Waals surface area contributed by atoms with Gasteiger partial charge in [0.25, 0.3) is 0 Å². The number of morpholine rings is 1. The minimum Gasteiger partial charge on any atom is -0.379 e. The summed E-state index contributed by atoms with van der Waals surface area (Å²) in [6.45, 7) is 4.48. The van der Waals surface area contributed by atoms with E-state index in [1.807, 2.05) is 22.6 Å². The van der Waals surface area contributed by atoms with Gasteiger partial charge < -0.3 is 4.74 Å². The van der Waals surface area contributed by atoms with Crippen molar-refractivity contribution in [3.05, 3.63) is 0 Å². The van der Waals surface area contributed by atoms with E-state index in [2.05, 4.69) is 4.90 Å². The second-order valence-electron chi connectivity index (χ2n) is 2.56. The maximum atomic E-state index is 10.6. The fraction of sp³-hybridized carbons (Fsp3) is 0.857. The number of nitrogens with zero attached hydrogens (tertiary/aromatic N) is 1. The van der Waals surface area contributed by atoms with Crippen LogP contribution in [0.1, 0.15) is 6.42 Å². The molecule has 0 saturated carbocycles. The van der Waals surface area contributed by atoms with Crippen LogP contribution < -0.4 is 0 Å². The van der Waals surface area contributed by atoms with E-state index in [-0.39, 0.29) is 3.79 Å². The molecule has 0 N–H and O–H groups in total. The molecule has 0 aliphatic carbocycles. The molecule has 1 fully saturated rings. The summed E-state index contributed by atoms with van der Waals surface area (Å²) in [4.78, 5) is 12.9. The normalized spacial score (nSPS) is 20.1. The zero-order chi connectivity index (χ0) is 8.10. The van der Waals surface area contributed by atoms with Crippen molar-refractivity contribution in [1.82, 2.24) is 4.90 Å². The highest BCUT2D eigenvalue weighted by Gasteiger charge is 2.10. The van der Waals surface area contributed by atoms with Crippen LogP contribution in [-0.4, -0.2) is 41.5 Å². The molecule has 0 amide bonds. The van der Waals surface area contributed by atoms with E-state index >= 15 is 0 Å². The van der Waals surface area contributed by atoms with Crippen molar-refractivity contribution >= 4 is 26.4 Å². The number of hydrogen-bond acceptors (Lipinski definition) is 3. The maximum absolute atomic E-state index is 10.6. The molecular weight excluding hydrogens is 257 g/mol. The van der Waals surface area contributed by atoms with Gasteiger partial charge in [0.1, 0.15) is 0 Å². The summed E-state index contributed by atoms with van der Waals surface area (Å²) in [6, 6.07) is 0. The molecule has 0 bridgehead atoms. The number of rotatable bonds is 3. The molecule has 0 aromatic carbocycles. The standard InChI is InChI=1S/C7H12INO2/c8-7(10)1-2-9-3-5-11-6-4-9/h1-6H2. The van der Waals surface area contributed by atoms with E-state index in [0.29, 0.717) is 6.42 Å². The van der Waals surface area contributed by atoms with Gasteiger partial charge in [0.15, 0.2) is 3.79 Å². The molecule has 0 aromatic heterocycles. The van der Waals surface area contributed by atoms with Crippen molar-refractivity contribution in [2.75, 3.05) is 32.8 Å². The molecule has 4 heteroatoms. The predicted molar refractivity (Wildman–Crippen MR) is 50.9 cm³/mol. The SMILES string of the molecule is O=C(I)CCN1CCOCC1. The van der Waals surface area contributed by atoms with Crippen molar-refractivity contribution in [3.8, 4) is 0 Å². The lowest BCUT2D eigenvalue weighted by Crippen LogP contribution is -2.37. The third-order valence-corrected chi connectivity index (χ3v) is 2.27. The maximum Gasteiger partial charge on any atom is 0.193 e. The van der Waals surface area contributed by atoms with Crippen molar-refractivity contribution < 1.29 is 9.53 Å². The van der Waals surface area contributed by atoms with Gasteiger partial charge in [-0.2, -0.15) is 0 Å². The van der Waals surface area contributed by atoms with Crippen LogP contribution in [0, 0.1) is 0 Å². The van der Waals surface area contributed by atoms with E-state index in [4.69, 9.17) is 4.74 Å². The Morgan fingerprint density at radius 3 is 2.64 bits per heavy atom. The first kappa shape index (κ1) is 9.41. The molecule has 64 valence electrons. The topological polar surface area (TPSA) is 29.5 Å². The van der Waals surface area contributed by atoms with Crippen molar-refractivity contribution in [3.63, 3.8) is 0 Å². The zero-order valence-electron chi connectivity index (χ0n) is 6.38. The molecule has 0 unspecified atom stereocenters. The Bertz CT molecular complexity index is 134. The summed E-state index contributed by atoms with van der Waals surface area (Å²) >= 11 is 1.84. The summed E-state index contributed by atoms with van der Waals surface area (Å²) in [5, 5.41) is 0. The quantitative estimate of drug-likeness (QED) is 0.557. The molecule has 0 radical (unpaired) electrons. The Kier molecular flexibility index (Phi) is 4.32. The van der Waals surface area contributed by atoms with Gasteiger partial charge in [0, 0.05) is 26.1 Å². The Hall–Kier alpha value is 0.320. The first-order valence-electron chi connectivity index (χ1n) is 3.77. The van der Waals surface area contributed by atoms with E-state index in [1.165, 1.54) is 0 Å². The number of carbonyl (C=O) groups is 1. The van der Waals surface area contributed by atoms with Gasteiger partial charge in [-0.25, -0.2) is 0 Å². The molecule has 0 aromatic rings. The minimum absolute atomic E-state index is 0.245. The lowest BCUT2D eigenvalue weighted by Gasteiger charge is -2.25. The number of carbonyl (C=O) groups excluding carboxylic acids is 1. The number of hydrogen-bond donors (Lipinski definition) is 0. The molecule has 1 aliphatic rings. The smallest absolute Gasteiger partial charge is 0.193 e. The molecule has 3 nitrogen and oxygen atoms in total. The van der Waals surface area contributed by atoms with Crippen LogP contribution in [0.25, 0.3) is 0 Å². The van der Waals surface area contributed by atoms with Crippen LogP contribution in [0.4, 0.5) is 0 Å². The first-order chi connectivity index (χ1) is 5.29. The van der Waals surface area contributed by atoms with Crippen LogP contribution in [0.15, 0.2) is 0 Å². The highest BCUT2D eigenvalue weighted by molar-refractivity contribution is 14.1. The summed E-state index contributed by atoms with van der Waals surface area (Å²) < 4.78 is 5.42. The van der Waals surface area contributed by atoms with Gasteiger partial charge in [-0.3, -0.25) is 9.69 Å². The summed E-state index contributed by atoms with van der Waals surface area (Å²) in [6.07, 6.45) is 0.667. The first-order valence-corrected chi connectivity index (χ1v) is 4.85. The molecule has 0 spiro atoms. The molecule has 1 saturated heterocycles. The molecule has 11 heavy (non-hydrogen) atoms. The van der Waals surface area contributed by atoms with E-state index in [0.717, 1.165) is 32.8 Å². The Morgan fingerprint density at radius 2 is 2.09 bits per heavy atom. The van der Waals surface area contributed by atoms with Crippen LogP contribution >= 0.6 is 22.6 Å². The molecule has 0 atom stereocenters. The van der Waals surface area contributed by atoms with E-state index in [1.54, 1.807) is 0 Å². The van der Waals surface area contributed by atoms with Gasteiger partial charge in [-0.05, 0) is 22.6 Å². The van der Waals surface area contributed by atoms with Gasteiger partial charge >= 0.3 is 0 Å². The Balaban J connectivity index is 2.09. The van der Waals surface area contributed by atoms with Crippen LogP contribution in [-0.2, 0) is 9.53 Å². The second-order valence-corrected chi connectivity index (χ2v) is 3.76. The van der Waals surface area contributed by atoms with E-state index < -0.39 is 0 Å². The van der Waals surface area contributed by atoms with E-state index in [9.17, 15) is 4.79 Å². The number of halogens is 1. The highest BCUT2D eigenvalue weighted by atomic mass is 127. The fourth-order valence-corrected chi connectivity index (χ4v) is 1.31. The van der Waals surface area contributed by atoms with Crippen molar-refractivity contribution in [2.45, 2.75) is 6.42 Å². The van der Waals surface area contributed by atoms with Crippen LogP contribution in [0.2, 0.25) is 0 Å². The van der Waals surface area contributed by atoms with Crippen molar-refractivity contribution in [2.24, 2.45) is 0 Å². The molecular formula is C7H12INO2. The van der Waals surface area contributed by atoms with Crippen LogP contribution in [0.5, 0.6) is 0 Å². The van der Waals surface area contributed by atoms with Gasteiger partial charge in [0.05, 0.1) is 13.2 Å². The predicted octanol–water partition coefficient (Wildman–Crippen LogP) is 0.670. The average Bonchev–Trinajstić information content (AvgIpc) is 2.03. The third kappa shape index (κ3) is 4.03. The Morgan fingerprint density at radius 1 is 1.45 bits per heavy atom. The summed E-state index contributed by atoms with van der Waals surface area (Å²) in [5.41, 5.74) is 0. The number of ether oxygens (including phenoxy) is 1. The van der Waals surface area contributed by atoms with Gasteiger partial charge in [-0.1, -0.05) is 0 Å². The lowest BCUT2D eigenvalue weighted by molar-refractivity contribution is -0.110. The summed E-state index contributed by atoms with van der Waals surface area (Å²) in [7, 11) is 0. The molecule has 1 rings (SSSR count). The third-order valence-electron chi connectivity index (χ3n) is 1.73. The fourth-order valence-electron chi connectivity index (χ4n) is 1.07. The van der Waals surface area contributed by atoms with Gasteiger partial charge in [0.2, 0.25) is 0 Å². The zero-order valence-corrected chi connectivity index (χ0v) is 8.54. The lowest BCUT2D eigenvalue weighted by atomic mass is 10.3. The monoisotopic (exact) mass is 269 g/mol. The average molecular weight is 269 g/mol. The molecule has 1 aliphatic heterocycles. The molecule has 1 heterocycles. The van der Waals surface area contributed by atoms with Crippen LogP contribution in [0.3, 0.4) is 0 Å². The van der Waals surface area contributed by atoms with Gasteiger partial charge in [-0.15, -0.1) is 0 Å². The summed E-state index contributed by atoms with van der Waals surface area (Å²) in [5.74, 6) is 0.